The molecule has 20 heavy (non-hydrogen) atoms. The molecule has 0 aromatic heterocycles. The third-order valence-electron chi connectivity index (χ3n) is 4.45. The van der Waals surface area contributed by atoms with Crippen molar-refractivity contribution in [1.29, 1.82) is 0 Å². The van der Waals surface area contributed by atoms with E-state index in [0.29, 0.717) is 12.1 Å². The molecule has 0 amide bonds. The average molecular weight is 274 g/mol. The van der Waals surface area contributed by atoms with Crippen molar-refractivity contribution in [3.05, 3.63) is 35.9 Å². The summed E-state index contributed by atoms with van der Waals surface area (Å²) in [6.45, 7) is 8.30. The summed E-state index contributed by atoms with van der Waals surface area (Å²) in [5, 5.41) is 3.79. The Morgan fingerprint density at radius 1 is 1.10 bits per heavy atom. The second kappa shape index (κ2) is 8.43. The van der Waals surface area contributed by atoms with E-state index in [1.165, 1.54) is 50.8 Å². The van der Waals surface area contributed by atoms with E-state index in [4.69, 9.17) is 0 Å². The fourth-order valence-electron chi connectivity index (χ4n) is 3.16. The van der Waals surface area contributed by atoms with Crippen molar-refractivity contribution in [3.63, 3.8) is 0 Å². The summed E-state index contributed by atoms with van der Waals surface area (Å²) in [4.78, 5) is 2.64. The topological polar surface area (TPSA) is 15.3 Å². The fraction of sp³-hybridized carbons (Fsp3) is 0.667. The quantitative estimate of drug-likeness (QED) is 0.808. The standard InChI is InChI=1S/C18H30N2/c1-3-10-18(17-11-6-4-7-12-17)19-15-16(2)20-13-8-5-9-14-20/h4,6-7,11-12,16,18-19H,3,5,8-10,13-15H2,1-2H3. The number of nitrogens with zero attached hydrogens (tertiary/aromatic N) is 1. The molecule has 1 saturated heterocycles. The normalized spacial score (nSPS) is 19.7. The van der Waals surface area contributed by atoms with Gasteiger partial charge in [0.25, 0.3) is 0 Å². The van der Waals surface area contributed by atoms with Gasteiger partial charge < -0.3 is 5.32 Å². The Hall–Kier alpha value is -0.860. The number of nitrogens with one attached hydrogen (secondary N) is 1. The van der Waals surface area contributed by atoms with Gasteiger partial charge in [0.15, 0.2) is 0 Å². The lowest BCUT2D eigenvalue weighted by atomic mass is 10.0. The molecule has 0 aliphatic carbocycles. The fourth-order valence-corrected chi connectivity index (χ4v) is 3.16. The van der Waals surface area contributed by atoms with Crippen LogP contribution in [-0.2, 0) is 0 Å². The molecule has 0 saturated carbocycles. The van der Waals surface area contributed by atoms with Crippen molar-refractivity contribution >= 4 is 0 Å². The van der Waals surface area contributed by atoms with Gasteiger partial charge in [0, 0.05) is 18.6 Å². The molecule has 1 aliphatic rings. The minimum absolute atomic E-state index is 0.508. The summed E-state index contributed by atoms with van der Waals surface area (Å²) in [5.74, 6) is 0. The highest BCUT2D eigenvalue weighted by Gasteiger charge is 2.18. The van der Waals surface area contributed by atoms with Crippen molar-refractivity contribution in [2.24, 2.45) is 0 Å². The van der Waals surface area contributed by atoms with E-state index in [1.807, 2.05) is 0 Å². The summed E-state index contributed by atoms with van der Waals surface area (Å²) in [6.07, 6.45) is 6.61. The summed E-state index contributed by atoms with van der Waals surface area (Å²) >= 11 is 0. The maximum atomic E-state index is 3.79. The molecule has 2 atom stereocenters. The van der Waals surface area contributed by atoms with Crippen LogP contribution in [0.25, 0.3) is 0 Å². The predicted molar refractivity (Wildman–Crippen MR) is 87.0 cm³/mol. The molecule has 1 fully saturated rings. The Bertz CT molecular complexity index is 357. The molecule has 2 unspecified atom stereocenters. The SMILES string of the molecule is CCCC(NCC(C)N1CCCCC1)c1ccccc1. The summed E-state index contributed by atoms with van der Waals surface area (Å²) in [6, 6.07) is 12.1. The van der Waals surface area contributed by atoms with Crippen LogP contribution in [0.2, 0.25) is 0 Å². The lowest BCUT2D eigenvalue weighted by molar-refractivity contribution is 0.167. The highest BCUT2D eigenvalue weighted by atomic mass is 15.2. The highest BCUT2D eigenvalue weighted by Crippen LogP contribution is 2.19. The lowest BCUT2D eigenvalue weighted by Crippen LogP contribution is -2.43. The number of piperidine rings is 1. The summed E-state index contributed by atoms with van der Waals surface area (Å²) in [7, 11) is 0. The first-order valence-electron chi connectivity index (χ1n) is 8.33. The smallest absolute Gasteiger partial charge is 0.0320 e. The van der Waals surface area contributed by atoms with E-state index < -0.39 is 0 Å². The van der Waals surface area contributed by atoms with Gasteiger partial charge in [-0.05, 0) is 44.8 Å². The van der Waals surface area contributed by atoms with Gasteiger partial charge in [0.05, 0.1) is 0 Å². The maximum Gasteiger partial charge on any atom is 0.0320 e. The first kappa shape index (κ1) is 15.5. The van der Waals surface area contributed by atoms with E-state index in [0.717, 1.165) is 6.54 Å². The van der Waals surface area contributed by atoms with Crippen LogP contribution in [0.4, 0.5) is 0 Å². The lowest BCUT2D eigenvalue weighted by Gasteiger charge is -2.33. The van der Waals surface area contributed by atoms with Crippen LogP contribution >= 0.6 is 0 Å². The van der Waals surface area contributed by atoms with Gasteiger partial charge in [-0.25, -0.2) is 0 Å². The maximum absolute atomic E-state index is 3.79. The number of hydrogen-bond acceptors (Lipinski definition) is 2. The van der Waals surface area contributed by atoms with Crippen LogP contribution in [-0.4, -0.2) is 30.6 Å². The molecule has 1 heterocycles. The van der Waals surface area contributed by atoms with Crippen LogP contribution < -0.4 is 5.32 Å². The Kier molecular flexibility index (Phi) is 6.55. The van der Waals surface area contributed by atoms with E-state index in [-0.39, 0.29) is 0 Å². The molecule has 1 aliphatic heterocycles. The minimum atomic E-state index is 0.508. The van der Waals surface area contributed by atoms with Crippen molar-refractivity contribution < 1.29 is 0 Å². The zero-order valence-corrected chi connectivity index (χ0v) is 13.1. The zero-order valence-electron chi connectivity index (χ0n) is 13.1. The second-order valence-corrected chi connectivity index (χ2v) is 6.11. The molecule has 1 N–H and O–H groups in total. The van der Waals surface area contributed by atoms with Gasteiger partial charge in [0.2, 0.25) is 0 Å². The third-order valence-corrected chi connectivity index (χ3v) is 4.45. The minimum Gasteiger partial charge on any atom is -0.308 e. The van der Waals surface area contributed by atoms with Crippen LogP contribution in [0.3, 0.4) is 0 Å². The molecule has 112 valence electrons. The Labute approximate surface area is 124 Å². The molecule has 0 radical (unpaired) electrons. The van der Waals surface area contributed by atoms with Crippen LogP contribution in [0.5, 0.6) is 0 Å². The second-order valence-electron chi connectivity index (χ2n) is 6.11. The van der Waals surface area contributed by atoms with E-state index in [9.17, 15) is 0 Å². The molecule has 2 heteroatoms. The van der Waals surface area contributed by atoms with Gasteiger partial charge in [-0.1, -0.05) is 50.1 Å². The summed E-state index contributed by atoms with van der Waals surface area (Å²) in [5.41, 5.74) is 1.43. The highest BCUT2D eigenvalue weighted by molar-refractivity contribution is 5.18. The molecular formula is C18H30N2. The zero-order chi connectivity index (χ0) is 14.2. The molecule has 2 rings (SSSR count). The van der Waals surface area contributed by atoms with E-state index in [1.54, 1.807) is 0 Å². The van der Waals surface area contributed by atoms with Gasteiger partial charge in [-0.3, -0.25) is 4.90 Å². The molecule has 0 bridgehead atoms. The number of benzene rings is 1. The van der Waals surface area contributed by atoms with Crippen molar-refractivity contribution in [2.75, 3.05) is 19.6 Å². The van der Waals surface area contributed by atoms with Gasteiger partial charge in [0.1, 0.15) is 0 Å². The van der Waals surface area contributed by atoms with Crippen molar-refractivity contribution in [2.45, 2.75) is 58.0 Å². The first-order valence-corrected chi connectivity index (χ1v) is 8.33. The molecule has 1 aromatic rings. The van der Waals surface area contributed by atoms with Crippen LogP contribution in [0.1, 0.15) is 57.6 Å². The molecule has 2 nitrogen and oxygen atoms in total. The van der Waals surface area contributed by atoms with Gasteiger partial charge in [-0.2, -0.15) is 0 Å². The van der Waals surface area contributed by atoms with E-state index in [2.05, 4.69) is 54.4 Å². The third kappa shape index (κ3) is 4.60. The molecule has 0 spiro atoms. The van der Waals surface area contributed by atoms with Crippen LogP contribution in [0.15, 0.2) is 30.3 Å². The number of hydrogen-bond donors (Lipinski definition) is 1. The number of rotatable bonds is 7. The van der Waals surface area contributed by atoms with Crippen molar-refractivity contribution in [1.82, 2.24) is 10.2 Å². The van der Waals surface area contributed by atoms with Crippen LogP contribution in [0, 0.1) is 0 Å². The number of likely N-dealkylation sites (tertiary alicyclic amines) is 1. The van der Waals surface area contributed by atoms with E-state index >= 15 is 0 Å². The van der Waals surface area contributed by atoms with Crippen molar-refractivity contribution in [3.8, 4) is 0 Å². The van der Waals surface area contributed by atoms with Gasteiger partial charge >= 0.3 is 0 Å². The largest absolute Gasteiger partial charge is 0.308 e. The Morgan fingerprint density at radius 2 is 1.80 bits per heavy atom. The molecular weight excluding hydrogens is 244 g/mol. The Balaban J connectivity index is 1.85. The first-order chi connectivity index (χ1) is 9.81. The predicted octanol–water partition coefficient (Wildman–Crippen LogP) is 3.99. The monoisotopic (exact) mass is 274 g/mol. The Morgan fingerprint density at radius 3 is 2.45 bits per heavy atom. The molecule has 1 aromatic carbocycles. The average Bonchev–Trinajstić information content (AvgIpc) is 2.53. The van der Waals surface area contributed by atoms with Gasteiger partial charge in [-0.15, -0.1) is 0 Å². The summed E-state index contributed by atoms with van der Waals surface area (Å²) < 4.78 is 0.